The Hall–Kier alpha value is 0.220. The predicted molar refractivity (Wildman–Crippen MR) is 61.0 cm³/mol. The van der Waals surface area contributed by atoms with E-state index in [2.05, 4.69) is 11.8 Å². The van der Waals surface area contributed by atoms with Crippen LogP contribution in [0, 0.1) is 0 Å². The van der Waals surface area contributed by atoms with Crippen LogP contribution in [0.15, 0.2) is 0 Å². The van der Waals surface area contributed by atoms with Crippen LogP contribution in [0.3, 0.4) is 0 Å². The third-order valence-electron chi connectivity index (χ3n) is 2.38. The highest BCUT2D eigenvalue weighted by molar-refractivity contribution is 7.99. The zero-order valence-corrected chi connectivity index (χ0v) is 10.1. The van der Waals surface area contributed by atoms with Gasteiger partial charge in [0.1, 0.15) is 0 Å². The van der Waals surface area contributed by atoms with E-state index in [0.29, 0.717) is 12.5 Å². The van der Waals surface area contributed by atoms with E-state index in [4.69, 9.17) is 5.14 Å². The molecule has 0 radical (unpaired) electrons. The first-order chi connectivity index (χ1) is 6.49. The summed E-state index contributed by atoms with van der Waals surface area (Å²) >= 11 is 1.96. The van der Waals surface area contributed by atoms with E-state index in [-0.39, 0.29) is 5.75 Å². The average Bonchev–Trinajstić information content (AvgIpc) is 2.06. The molecule has 1 saturated heterocycles. The zero-order valence-electron chi connectivity index (χ0n) is 8.48. The Balaban J connectivity index is 2.23. The molecule has 6 heteroatoms. The maximum atomic E-state index is 10.7. The molecule has 1 unspecified atom stereocenters. The molecule has 0 aromatic carbocycles. The topological polar surface area (TPSA) is 63.4 Å². The summed E-state index contributed by atoms with van der Waals surface area (Å²) < 4.78 is 21.4. The number of rotatable bonds is 4. The number of sulfonamides is 1. The molecule has 0 aromatic heterocycles. The van der Waals surface area contributed by atoms with Crippen LogP contribution in [-0.2, 0) is 10.0 Å². The highest BCUT2D eigenvalue weighted by Crippen LogP contribution is 2.15. The minimum absolute atomic E-state index is 0.101. The standard InChI is InChI=1S/C8H18N2O2S2/c1-8-7-13-5-4-10(8)3-2-6-14(9,11)12/h8H,2-7H2,1H3,(H2,9,11,12). The summed E-state index contributed by atoms with van der Waals surface area (Å²) in [6.45, 7) is 4.09. The van der Waals surface area contributed by atoms with Gasteiger partial charge in [-0.1, -0.05) is 0 Å². The molecule has 14 heavy (non-hydrogen) atoms. The molecule has 1 heterocycles. The van der Waals surface area contributed by atoms with Crippen molar-refractivity contribution < 1.29 is 8.42 Å². The SMILES string of the molecule is CC1CSCCN1CCCS(N)(=O)=O. The van der Waals surface area contributed by atoms with E-state index in [1.165, 1.54) is 0 Å². The fourth-order valence-electron chi connectivity index (χ4n) is 1.56. The van der Waals surface area contributed by atoms with Crippen molar-refractivity contribution in [2.24, 2.45) is 5.14 Å². The molecule has 0 spiro atoms. The summed E-state index contributed by atoms with van der Waals surface area (Å²) in [5, 5.41) is 4.94. The van der Waals surface area contributed by atoms with E-state index in [1.54, 1.807) is 0 Å². The molecule has 1 aliphatic heterocycles. The normalized spacial score (nSPS) is 25.1. The van der Waals surface area contributed by atoms with Crippen LogP contribution in [0.2, 0.25) is 0 Å². The van der Waals surface area contributed by atoms with Crippen molar-refractivity contribution in [2.45, 2.75) is 19.4 Å². The molecular formula is C8H18N2O2S2. The Labute approximate surface area is 90.3 Å². The summed E-state index contributed by atoms with van der Waals surface area (Å²) in [5.74, 6) is 2.40. The third kappa shape index (κ3) is 4.63. The second kappa shape index (κ2) is 5.34. The highest BCUT2D eigenvalue weighted by Gasteiger charge is 2.18. The number of nitrogens with two attached hydrogens (primary N) is 1. The maximum absolute atomic E-state index is 10.7. The molecule has 0 bridgehead atoms. The molecule has 1 atom stereocenters. The van der Waals surface area contributed by atoms with Gasteiger partial charge in [-0.15, -0.1) is 0 Å². The van der Waals surface area contributed by atoms with Gasteiger partial charge in [-0.25, -0.2) is 13.6 Å². The minimum Gasteiger partial charge on any atom is -0.299 e. The Morgan fingerprint density at radius 1 is 1.57 bits per heavy atom. The van der Waals surface area contributed by atoms with Gasteiger partial charge in [0, 0.05) is 24.1 Å². The quantitative estimate of drug-likeness (QED) is 0.754. The molecule has 1 aliphatic rings. The zero-order chi connectivity index (χ0) is 10.6. The molecule has 0 amide bonds. The van der Waals surface area contributed by atoms with Crippen molar-refractivity contribution in [2.75, 3.05) is 30.3 Å². The number of thioether (sulfide) groups is 1. The van der Waals surface area contributed by atoms with Crippen molar-refractivity contribution in [1.82, 2.24) is 4.90 Å². The molecule has 2 N–H and O–H groups in total. The molecule has 0 aliphatic carbocycles. The van der Waals surface area contributed by atoms with E-state index in [9.17, 15) is 8.42 Å². The lowest BCUT2D eigenvalue weighted by atomic mass is 10.3. The van der Waals surface area contributed by atoms with Gasteiger partial charge in [0.15, 0.2) is 0 Å². The van der Waals surface area contributed by atoms with Crippen molar-refractivity contribution in [3.8, 4) is 0 Å². The van der Waals surface area contributed by atoms with Crippen LogP contribution in [0.5, 0.6) is 0 Å². The van der Waals surface area contributed by atoms with Gasteiger partial charge in [-0.3, -0.25) is 4.90 Å². The lowest BCUT2D eigenvalue weighted by Crippen LogP contribution is -2.41. The van der Waals surface area contributed by atoms with Crippen molar-refractivity contribution >= 4 is 21.8 Å². The smallest absolute Gasteiger partial charge is 0.209 e. The van der Waals surface area contributed by atoms with Crippen molar-refractivity contribution in [3.63, 3.8) is 0 Å². The van der Waals surface area contributed by atoms with Crippen LogP contribution < -0.4 is 5.14 Å². The molecule has 4 nitrogen and oxygen atoms in total. The van der Waals surface area contributed by atoms with Crippen LogP contribution in [0.1, 0.15) is 13.3 Å². The number of hydrogen-bond acceptors (Lipinski definition) is 4. The first-order valence-corrected chi connectivity index (χ1v) is 7.68. The Morgan fingerprint density at radius 2 is 2.29 bits per heavy atom. The summed E-state index contributed by atoms with van der Waals surface area (Å²) in [4.78, 5) is 2.34. The second-order valence-corrected chi connectivity index (χ2v) is 6.56. The average molecular weight is 238 g/mol. The maximum Gasteiger partial charge on any atom is 0.209 e. The van der Waals surface area contributed by atoms with Crippen molar-refractivity contribution in [3.05, 3.63) is 0 Å². The van der Waals surface area contributed by atoms with Crippen LogP contribution >= 0.6 is 11.8 Å². The molecule has 1 rings (SSSR count). The van der Waals surface area contributed by atoms with Gasteiger partial charge >= 0.3 is 0 Å². The highest BCUT2D eigenvalue weighted by atomic mass is 32.2. The molecule has 1 fully saturated rings. The number of primary sulfonamides is 1. The summed E-state index contributed by atoms with van der Waals surface area (Å²) in [6.07, 6.45) is 0.647. The van der Waals surface area contributed by atoms with E-state index in [0.717, 1.165) is 24.6 Å². The van der Waals surface area contributed by atoms with E-state index in [1.807, 2.05) is 11.8 Å². The molecule has 84 valence electrons. The molecule has 0 aromatic rings. The van der Waals surface area contributed by atoms with Gasteiger partial charge in [0.25, 0.3) is 0 Å². The first-order valence-electron chi connectivity index (χ1n) is 4.81. The minimum atomic E-state index is -3.27. The first kappa shape index (κ1) is 12.3. The molecular weight excluding hydrogens is 220 g/mol. The summed E-state index contributed by atoms with van der Waals surface area (Å²) in [5.41, 5.74) is 0. The Morgan fingerprint density at radius 3 is 2.86 bits per heavy atom. The Kier molecular flexibility index (Phi) is 4.69. The monoisotopic (exact) mass is 238 g/mol. The number of nitrogens with zero attached hydrogens (tertiary/aromatic N) is 1. The van der Waals surface area contributed by atoms with E-state index < -0.39 is 10.0 Å². The number of hydrogen-bond donors (Lipinski definition) is 1. The Bertz CT molecular complexity index is 267. The second-order valence-electron chi connectivity index (χ2n) is 3.68. The van der Waals surface area contributed by atoms with Gasteiger partial charge in [0.2, 0.25) is 10.0 Å². The lowest BCUT2D eigenvalue weighted by molar-refractivity contribution is 0.233. The summed E-state index contributed by atoms with van der Waals surface area (Å²) in [7, 11) is -3.27. The van der Waals surface area contributed by atoms with Gasteiger partial charge in [-0.05, 0) is 19.9 Å². The van der Waals surface area contributed by atoms with Crippen LogP contribution in [-0.4, -0.2) is 49.7 Å². The van der Waals surface area contributed by atoms with Crippen LogP contribution in [0.4, 0.5) is 0 Å². The van der Waals surface area contributed by atoms with Crippen LogP contribution in [0.25, 0.3) is 0 Å². The lowest BCUT2D eigenvalue weighted by Gasteiger charge is -2.32. The fraction of sp³-hybridized carbons (Fsp3) is 1.00. The van der Waals surface area contributed by atoms with Gasteiger partial charge < -0.3 is 0 Å². The van der Waals surface area contributed by atoms with Crippen molar-refractivity contribution in [1.29, 1.82) is 0 Å². The van der Waals surface area contributed by atoms with Gasteiger partial charge in [0.05, 0.1) is 5.75 Å². The summed E-state index contributed by atoms with van der Waals surface area (Å²) in [6, 6.07) is 0.564. The molecule has 0 saturated carbocycles. The third-order valence-corrected chi connectivity index (χ3v) is 4.43. The van der Waals surface area contributed by atoms with Gasteiger partial charge in [-0.2, -0.15) is 11.8 Å². The largest absolute Gasteiger partial charge is 0.299 e. The predicted octanol–water partition coefficient (Wildman–Crippen LogP) is 0.102. The van der Waals surface area contributed by atoms with E-state index >= 15 is 0 Å². The fourth-order valence-corrected chi connectivity index (χ4v) is 3.18.